The number of benzene rings is 1. The van der Waals surface area contributed by atoms with Crippen molar-refractivity contribution in [3.05, 3.63) is 24.0 Å². The van der Waals surface area contributed by atoms with Crippen LogP contribution in [0.25, 0.3) is 0 Å². The maximum Gasteiger partial charge on any atom is 0.494 e. The summed E-state index contributed by atoms with van der Waals surface area (Å²) in [4.78, 5) is 0. The highest BCUT2D eigenvalue weighted by Gasteiger charge is 2.51. The lowest BCUT2D eigenvalue weighted by atomic mass is 9.79. The van der Waals surface area contributed by atoms with E-state index in [1.54, 1.807) is 12.1 Å². The van der Waals surface area contributed by atoms with Gasteiger partial charge >= 0.3 is 7.12 Å². The van der Waals surface area contributed by atoms with Gasteiger partial charge in [0.15, 0.2) is 0 Å². The number of hydrazine groups is 1. The van der Waals surface area contributed by atoms with Crippen LogP contribution >= 0.6 is 12.4 Å². The Labute approximate surface area is 119 Å². The molecule has 0 bridgehead atoms. The number of anilines is 1. The van der Waals surface area contributed by atoms with Crippen molar-refractivity contribution in [2.75, 3.05) is 5.43 Å². The molecule has 7 heteroatoms. The highest BCUT2D eigenvalue weighted by atomic mass is 35.5. The van der Waals surface area contributed by atoms with E-state index in [2.05, 4.69) is 5.43 Å². The number of rotatable bonds is 2. The summed E-state index contributed by atoms with van der Waals surface area (Å²) in [5.41, 5.74) is 2.45. The summed E-state index contributed by atoms with van der Waals surface area (Å²) in [6.45, 7) is 7.88. The molecule has 3 N–H and O–H groups in total. The van der Waals surface area contributed by atoms with Crippen molar-refractivity contribution in [3.8, 4) is 0 Å². The lowest BCUT2D eigenvalue weighted by Crippen LogP contribution is -2.41. The van der Waals surface area contributed by atoms with Gasteiger partial charge in [0, 0.05) is 0 Å². The maximum absolute atomic E-state index is 13.3. The van der Waals surface area contributed by atoms with Crippen molar-refractivity contribution >= 4 is 30.7 Å². The van der Waals surface area contributed by atoms with Crippen molar-refractivity contribution in [2.24, 2.45) is 5.84 Å². The molecule has 1 aliphatic rings. The summed E-state index contributed by atoms with van der Waals surface area (Å²) in [7, 11) is -0.511. The molecule has 0 amide bonds. The molecular formula is C12H19BClFN2O2. The summed E-state index contributed by atoms with van der Waals surface area (Å²) in [6.07, 6.45) is 0. The quantitative estimate of drug-likeness (QED) is 0.495. The molecule has 0 aromatic heterocycles. The molecule has 1 fully saturated rings. The Bertz CT molecular complexity index is 455. The molecule has 1 aliphatic heterocycles. The van der Waals surface area contributed by atoms with Crippen LogP contribution < -0.4 is 16.7 Å². The fraction of sp³-hybridized carbons (Fsp3) is 0.500. The molecule has 0 atom stereocenters. The summed E-state index contributed by atoms with van der Waals surface area (Å²) in [5.74, 6) is 4.85. The van der Waals surface area contributed by atoms with Gasteiger partial charge in [0.1, 0.15) is 5.82 Å². The lowest BCUT2D eigenvalue weighted by Gasteiger charge is -2.32. The van der Waals surface area contributed by atoms with Crippen LogP contribution in [0.2, 0.25) is 0 Å². The molecule has 0 radical (unpaired) electrons. The summed E-state index contributed by atoms with van der Waals surface area (Å²) < 4.78 is 25.1. The highest BCUT2D eigenvalue weighted by Crippen LogP contribution is 2.36. The van der Waals surface area contributed by atoms with Gasteiger partial charge in [-0.05, 0) is 45.3 Å². The predicted octanol–water partition coefficient (Wildman–Crippen LogP) is 1.83. The second-order valence-electron chi connectivity index (χ2n) is 5.47. The first-order chi connectivity index (χ1) is 8.27. The zero-order valence-electron chi connectivity index (χ0n) is 11.5. The molecule has 1 aromatic carbocycles. The molecule has 0 saturated carbocycles. The van der Waals surface area contributed by atoms with Gasteiger partial charge in [0.05, 0.1) is 16.9 Å². The van der Waals surface area contributed by atoms with E-state index in [-0.39, 0.29) is 18.1 Å². The van der Waals surface area contributed by atoms with E-state index in [0.717, 1.165) is 5.46 Å². The molecule has 0 aliphatic carbocycles. The normalized spacial score (nSPS) is 20.0. The topological polar surface area (TPSA) is 56.5 Å². The zero-order valence-corrected chi connectivity index (χ0v) is 12.3. The minimum Gasteiger partial charge on any atom is -0.399 e. The molecule has 4 nitrogen and oxygen atoms in total. The SMILES string of the molecule is CC1(C)OB(c2ccc(F)c(NN)c2)OC1(C)C.Cl. The monoisotopic (exact) mass is 288 g/mol. The molecule has 0 spiro atoms. The minimum absolute atomic E-state index is 0. The summed E-state index contributed by atoms with van der Waals surface area (Å²) in [6, 6.07) is 4.57. The van der Waals surface area contributed by atoms with Crippen LogP contribution in [-0.4, -0.2) is 18.3 Å². The van der Waals surface area contributed by atoms with E-state index in [9.17, 15) is 4.39 Å². The number of halogens is 2. The van der Waals surface area contributed by atoms with Crippen LogP contribution in [0.1, 0.15) is 27.7 Å². The first-order valence-corrected chi connectivity index (χ1v) is 5.88. The molecule has 1 heterocycles. The Morgan fingerprint density at radius 3 is 2.16 bits per heavy atom. The second kappa shape index (κ2) is 5.29. The molecule has 2 rings (SSSR count). The van der Waals surface area contributed by atoms with Gasteiger partial charge < -0.3 is 14.7 Å². The maximum atomic E-state index is 13.3. The number of nitrogen functional groups attached to an aromatic ring is 1. The van der Waals surface area contributed by atoms with Crippen LogP contribution in [-0.2, 0) is 9.31 Å². The van der Waals surface area contributed by atoms with E-state index in [0.29, 0.717) is 0 Å². The van der Waals surface area contributed by atoms with Crippen LogP contribution in [0.15, 0.2) is 18.2 Å². The zero-order chi connectivity index (χ0) is 13.6. The van der Waals surface area contributed by atoms with Crippen molar-refractivity contribution in [1.29, 1.82) is 0 Å². The van der Waals surface area contributed by atoms with Crippen LogP contribution in [0.3, 0.4) is 0 Å². The Morgan fingerprint density at radius 2 is 1.68 bits per heavy atom. The Hall–Kier alpha value is -0.815. The lowest BCUT2D eigenvalue weighted by molar-refractivity contribution is 0.00578. The fourth-order valence-corrected chi connectivity index (χ4v) is 1.78. The highest BCUT2D eigenvalue weighted by molar-refractivity contribution is 6.62. The number of hydrogen-bond acceptors (Lipinski definition) is 4. The molecular weight excluding hydrogens is 269 g/mol. The van der Waals surface area contributed by atoms with E-state index >= 15 is 0 Å². The minimum atomic E-state index is -0.511. The predicted molar refractivity (Wildman–Crippen MR) is 77.2 cm³/mol. The third-order valence-electron chi connectivity index (χ3n) is 3.67. The molecule has 1 aromatic rings. The van der Waals surface area contributed by atoms with E-state index in [1.165, 1.54) is 6.07 Å². The third-order valence-corrected chi connectivity index (χ3v) is 3.67. The third kappa shape index (κ3) is 2.87. The Morgan fingerprint density at radius 1 is 1.16 bits per heavy atom. The summed E-state index contributed by atoms with van der Waals surface area (Å²) >= 11 is 0. The van der Waals surface area contributed by atoms with E-state index in [1.807, 2.05) is 27.7 Å². The number of nitrogens with one attached hydrogen (secondary N) is 1. The second-order valence-corrected chi connectivity index (χ2v) is 5.47. The van der Waals surface area contributed by atoms with Gasteiger partial charge in [-0.3, -0.25) is 5.84 Å². The van der Waals surface area contributed by atoms with Crippen LogP contribution in [0, 0.1) is 5.82 Å². The van der Waals surface area contributed by atoms with Crippen LogP contribution in [0.4, 0.5) is 10.1 Å². The Balaban J connectivity index is 0.00000180. The Kier molecular flexibility index (Phi) is 4.52. The van der Waals surface area contributed by atoms with Crippen molar-refractivity contribution in [2.45, 2.75) is 38.9 Å². The molecule has 0 unspecified atom stereocenters. The number of nitrogens with two attached hydrogens (primary N) is 1. The summed E-state index contributed by atoms with van der Waals surface area (Å²) in [5, 5.41) is 0. The van der Waals surface area contributed by atoms with Crippen molar-refractivity contribution < 1.29 is 13.7 Å². The molecule has 1 saturated heterocycles. The average Bonchev–Trinajstić information content (AvgIpc) is 2.49. The van der Waals surface area contributed by atoms with Crippen LogP contribution in [0.5, 0.6) is 0 Å². The van der Waals surface area contributed by atoms with Gasteiger partial charge in [-0.2, -0.15) is 0 Å². The van der Waals surface area contributed by atoms with Gasteiger partial charge in [-0.1, -0.05) is 6.07 Å². The standard InChI is InChI=1S/C12H18BFN2O2.ClH/c1-11(2)12(3,4)18-13(17-11)8-5-6-9(14)10(7-8)16-15;/h5-7,16H,15H2,1-4H3;1H. The van der Waals surface area contributed by atoms with Gasteiger partial charge in [-0.25, -0.2) is 4.39 Å². The van der Waals surface area contributed by atoms with Gasteiger partial charge in [0.25, 0.3) is 0 Å². The smallest absolute Gasteiger partial charge is 0.399 e. The first kappa shape index (κ1) is 16.2. The van der Waals surface area contributed by atoms with E-state index < -0.39 is 24.1 Å². The fourth-order valence-electron chi connectivity index (χ4n) is 1.78. The largest absolute Gasteiger partial charge is 0.494 e. The average molecular weight is 289 g/mol. The molecule has 106 valence electrons. The molecule has 19 heavy (non-hydrogen) atoms. The van der Waals surface area contributed by atoms with Crippen molar-refractivity contribution in [3.63, 3.8) is 0 Å². The van der Waals surface area contributed by atoms with Gasteiger partial charge in [0.2, 0.25) is 0 Å². The van der Waals surface area contributed by atoms with E-state index in [4.69, 9.17) is 15.2 Å². The van der Waals surface area contributed by atoms with Crippen molar-refractivity contribution in [1.82, 2.24) is 0 Å². The number of hydrogen-bond donors (Lipinski definition) is 2. The first-order valence-electron chi connectivity index (χ1n) is 5.88. The van der Waals surface area contributed by atoms with Gasteiger partial charge in [-0.15, -0.1) is 12.4 Å².